The number of rotatable bonds is 6. The number of aryl methyl sites for hydroxylation is 1. The number of hydrogen-bond donors (Lipinski definition) is 1. The quantitative estimate of drug-likeness (QED) is 0.670. The molecule has 3 aromatic rings. The molecule has 1 aliphatic heterocycles. The highest BCUT2D eigenvalue weighted by atomic mass is 19.3. The standard InChI is InChI=1S/C21H23F2N5O2/c1-14-2-4-15(5-3-14)17-12-18(19(22)23)28-20(26-17)16(13-25-28)21(29)24-6-7-27-8-10-30-11-9-27/h2-5,12-13,19H,6-11H2,1H3,(H,24,29). The summed E-state index contributed by atoms with van der Waals surface area (Å²) < 4.78 is 33.7. The molecule has 1 amide bonds. The van der Waals surface area contributed by atoms with E-state index in [-0.39, 0.29) is 22.8 Å². The summed E-state index contributed by atoms with van der Waals surface area (Å²) >= 11 is 0. The molecule has 0 aliphatic carbocycles. The number of aromatic nitrogens is 3. The van der Waals surface area contributed by atoms with Crippen LogP contribution in [0.15, 0.2) is 36.5 Å². The number of carbonyl (C=O) groups is 1. The summed E-state index contributed by atoms with van der Waals surface area (Å²) in [7, 11) is 0. The summed E-state index contributed by atoms with van der Waals surface area (Å²) in [5.41, 5.74) is 2.12. The van der Waals surface area contributed by atoms with Crippen LogP contribution in [0, 0.1) is 6.92 Å². The van der Waals surface area contributed by atoms with Crippen LogP contribution in [0.25, 0.3) is 16.9 Å². The zero-order valence-corrected chi connectivity index (χ0v) is 16.6. The number of nitrogens with one attached hydrogen (secondary N) is 1. The number of nitrogens with zero attached hydrogens (tertiary/aromatic N) is 4. The Hall–Kier alpha value is -2.91. The van der Waals surface area contributed by atoms with E-state index in [0.717, 1.165) is 23.2 Å². The molecule has 0 atom stereocenters. The van der Waals surface area contributed by atoms with Crippen molar-refractivity contribution in [2.75, 3.05) is 39.4 Å². The minimum Gasteiger partial charge on any atom is -0.379 e. The second kappa shape index (κ2) is 8.85. The van der Waals surface area contributed by atoms with Gasteiger partial charge < -0.3 is 10.1 Å². The van der Waals surface area contributed by atoms with Crippen LogP contribution in [0.1, 0.15) is 28.0 Å². The predicted molar refractivity (Wildman–Crippen MR) is 108 cm³/mol. The van der Waals surface area contributed by atoms with Crippen molar-refractivity contribution < 1.29 is 18.3 Å². The minimum atomic E-state index is -2.75. The molecule has 1 aliphatic rings. The Morgan fingerprint density at radius 2 is 1.97 bits per heavy atom. The van der Waals surface area contributed by atoms with Crippen molar-refractivity contribution in [3.05, 3.63) is 53.3 Å². The zero-order valence-electron chi connectivity index (χ0n) is 16.6. The lowest BCUT2D eigenvalue weighted by molar-refractivity contribution is 0.0383. The lowest BCUT2D eigenvalue weighted by Crippen LogP contribution is -2.41. The van der Waals surface area contributed by atoms with Gasteiger partial charge in [-0.05, 0) is 13.0 Å². The highest BCUT2D eigenvalue weighted by Crippen LogP contribution is 2.27. The van der Waals surface area contributed by atoms with Crippen LogP contribution in [0.3, 0.4) is 0 Å². The summed E-state index contributed by atoms with van der Waals surface area (Å²) in [6, 6.07) is 8.73. The van der Waals surface area contributed by atoms with E-state index >= 15 is 0 Å². The van der Waals surface area contributed by atoms with Gasteiger partial charge in [0.2, 0.25) is 0 Å². The van der Waals surface area contributed by atoms with Gasteiger partial charge in [-0.3, -0.25) is 9.69 Å². The van der Waals surface area contributed by atoms with E-state index in [4.69, 9.17) is 4.74 Å². The molecule has 0 radical (unpaired) electrons. The van der Waals surface area contributed by atoms with Crippen molar-refractivity contribution in [1.82, 2.24) is 24.8 Å². The fraction of sp³-hybridized carbons (Fsp3) is 0.381. The molecule has 4 rings (SSSR count). The van der Waals surface area contributed by atoms with Crippen LogP contribution in [0.5, 0.6) is 0 Å². The fourth-order valence-corrected chi connectivity index (χ4v) is 3.42. The molecular formula is C21H23F2N5O2. The molecule has 7 nitrogen and oxygen atoms in total. The summed E-state index contributed by atoms with van der Waals surface area (Å²) in [6.45, 7) is 6.10. The maximum absolute atomic E-state index is 13.7. The number of benzene rings is 1. The number of carbonyl (C=O) groups excluding carboxylic acids is 1. The number of halogens is 2. The van der Waals surface area contributed by atoms with Gasteiger partial charge in [-0.15, -0.1) is 0 Å². The van der Waals surface area contributed by atoms with Gasteiger partial charge >= 0.3 is 0 Å². The van der Waals surface area contributed by atoms with Gasteiger partial charge in [-0.2, -0.15) is 5.10 Å². The normalized spacial score (nSPS) is 15.1. The first-order valence-corrected chi connectivity index (χ1v) is 9.85. The molecule has 3 heterocycles. The number of fused-ring (bicyclic) bond motifs is 1. The largest absolute Gasteiger partial charge is 0.379 e. The average molecular weight is 415 g/mol. The second-order valence-electron chi connectivity index (χ2n) is 7.24. The number of amides is 1. The molecule has 30 heavy (non-hydrogen) atoms. The van der Waals surface area contributed by atoms with E-state index in [2.05, 4.69) is 20.3 Å². The Morgan fingerprint density at radius 3 is 2.67 bits per heavy atom. The smallest absolute Gasteiger partial charge is 0.280 e. The monoisotopic (exact) mass is 415 g/mol. The van der Waals surface area contributed by atoms with E-state index in [9.17, 15) is 13.6 Å². The van der Waals surface area contributed by atoms with Crippen LogP contribution in [0.2, 0.25) is 0 Å². The number of ether oxygens (including phenoxy) is 1. The SMILES string of the molecule is Cc1ccc(-c2cc(C(F)F)n3ncc(C(=O)NCCN4CCOCC4)c3n2)cc1. The van der Waals surface area contributed by atoms with Crippen LogP contribution < -0.4 is 5.32 Å². The average Bonchev–Trinajstić information content (AvgIpc) is 3.18. The molecular weight excluding hydrogens is 392 g/mol. The topological polar surface area (TPSA) is 71.8 Å². The first-order chi connectivity index (χ1) is 14.5. The van der Waals surface area contributed by atoms with E-state index in [1.54, 1.807) is 0 Å². The molecule has 1 N–H and O–H groups in total. The third-order valence-corrected chi connectivity index (χ3v) is 5.13. The van der Waals surface area contributed by atoms with Gasteiger partial charge in [-0.25, -0.2) is 18.3 Å². The first kappa shape index (κ1) is 20.4. The second-order valence-corrected chi connectivity index (χ2v) is 7.24. The summed E-state index contributed by atoms with van der Waals surface area (Å²) in [4.78, 5) is 19.4. The van der Waals surface area contributed by atoms with Crippen LogP contribution >= 0.6 is 0 Å². The molecule has 0 saturated carbocycles. The summed E-state index contributed by atoms with van der Waals surface area (Å²) in [6.07, 6.45) is -1.46. The minimum absolute atomic E-state index is 0.118. The Morgan fingerprint density at radius 1 is 1.23 bits per heavy atom. The van der Waals surface area contributed by atoms with Crippen LogP contribution in [-0.4, -0.2) is 64.8 Å². The molecule has 0 unspecified atom stereocenters. The van der Waals surface area contributed by atoms with E-state index < -0.39 is 6.43 Å². The molecule has 9 heteroatoms. The number of morpholine rings is 1. The van der Waals surface area contributed by atoms with Crippen LogP contribution in [-0.2, 0) is 4.74 Å². The van der Waals surface area contributed by atoms with Gasteiger partial charge in [-0.1, -0.05) is 29.8 Å². The van der Waals surface area contributed by atoms with Gasteiger partial charge in [0.25, 0.3) is 12.3 Å². The van der Waals surface area contributed by atoms with Gasteiger partial charge in [0.1, 0.15) is 11.3 Å². The molecule has 2 aromatic heterocycles. The summed E-state index contributed by atoms with van der Waals surface area (Å²) in [5, 5.41) is 6.83. The fourth-order valence-electron chi connectivity index (χ4n) is 3.42. The first-order valence-electron chi connectivity index (χ1n) is 9.85. The van der Waals surface area contributed by atoms with Gasteiger partial charge in [0.15, 0.2) is 5.65 Å². The third kappa shape index (κ3) is 4.31. The highest BCUT2D eigenvalue weighted by molar-refractivity contribution is 5.99. The molecule has 0 bridgehead atoms. The third-order valence-electron chi connectivity index (χ3n) is 5.13. The number of hydrogen-bond acceptors (Lipinski definition) is 5. The van der Waals surface area contributed by atoms with Crippen molar-refractivity contribution in [3.8, 4) is 11.3 Å². The lowest BCUT2D eigenvalue weighted by atomic mass is 10.1. The highest BCUT2D eigenvalue weighted by Gasteiger charge is 2.21. The Balaban J connectivity index is 1.60. The lowest BCUT2D eigenvalue weighted by Gasteiger charge is -2.26. The predicted octanol–water partition coefficient (Wildman–Crippen LogP) is 2.70. The molecule has 1 fully saturated rings. The van der Waals surface area contributed by atoms with Crippen molar-refractivity contribution in [3.63, 3.8) is 0 Å². The van der Waals surface area contributed by atoms with E-state index in [0.29, 0.717) is 37.6 Å². The van der Waals surface area contributed by atoms with Gasteiger partial charge in [0, 0.05) is 31.7 Å². The van der Waals surface area contributed by atoms with E-state index in [1.165, 1.54) is 12.3 Å². The number of alkyl halides is 2. The molecule has 0 spiro atoms. The Labute approximate surface area is 172 Å². The van der Waals surface area contributed by atoms with E-state index in [1.807, 2.05) is 31.2 Å². The Bertz CT molecular complexity index is 1030. The van der Waals surface area contributed by atoms with Crippen molar-refractivity contribution in [2.24, 2.45) is 0 Å². The molecule has 158 valence electrons. The Kier molecular flexibility index (Phi) is 6.01. The van der Waals surface area contributed by atoms with Crippen molar-refractivity contribution in [1.29, 1.82) is 0 Å². The van der Waals surface area contributed by atoms with Crippen molar-refractivity contribution >= 4 is 11.6 Å². The van der Waals surface area contributed by atoms with Crippen LogP contribution in [0.4, 0.5) is 8.78 Å². The zero-order chi connectivity index (χ0) is 21.1. The summed E-state index contributed by atoms with van der Waals surface area (Å²) in [5.74, 6) is -0.382. The maximum atomic E-state index is 13.7. The maximum Gasteiger partial charge on any atom is 0.280 e. The molecule has 1 aromatic carbocycles. The molecule has 1 saturated heterocycles. The van der Waals surface area contributed by atoms with Gasteiger partial charge in [0.05, 0.1) is 25.1 Å². The van der Waals surface area contributed by atoms with Crippen molar-refractivity contribution in [2.45, 2.75) is 13.3 Å².